The standard InChI is InChI=1S/C13H10N2O4/c1-9-7-11(15(17)18)4-5-12(9)19-13-10(8-16)3-2-6-14-13/h2-8H,1H3. The van der Waals surface area contributed by atoms with Crippen LogP contribution in [0.15, 0.2) is 36.5 Å². The summed E-state index contributed by atoms with van der Waals surface area (Å²) in [5, 5.41) is 10.6. The molecule has 2 aromatic rings. The third-order valence-corrected chi connectivity index (χ3v) is 2.50. The van der Waals surface area contributed by atoms with Gasteiger partial charge >= 0.3 is 0 Å². The number of non-ortho nitro benzene ring substituents is 1. The van der Waals surface area contributed by atoms with E-state index >= 15 is 0 Å². The molecule has 0 bridgehead atoms. The lowest BCUT2D eigenvalue weighted by atomic mass is 10.2. The number of pyridine rings is 1. The Labute approximate surface area is 108 Å². The average molecular weight is 258 g/mol. The van der Waals surface area contributed by atoms with E-state index in [9.17, 15) is 14.9 Å². The Kier molecular flexibility index (Phi) is 3.51. The molecular formula is C13H10N2O4. The number of benzene rings is 1. The van der Waals surface area contributed by atoms with Gasteiger partial charge < -0.3 is 4.74 Å². The van der Waals surface area contributed by atoms with Gasteiger partial charge in [-0.1, -0.05) is 0 Å². The van der Waals surface area contributed by atoms with Crippen LogP contribution in [0.2, 0.25) is 0 Å². The number of nitro groups is 1. The summed E-state index contributed by atoms with van der Waals surface area (Å²) in [5.41, 5.74) is 0.901. The first-order valence-corrected chi connectivity index (χ1v) is 5.45. The highest BCUT2D eigenvalue weighted by Crippen LogP contribution is 2.28. The number of nitrogens with zero attached hydrogens (tertiary/aromatic N) is 2. The smallest absolute Gasteiger partial charge is 0.269 e. The number of hydrogen-bond donors (Lipinski definition) is 0. The number of hydrogen-bond acceptors (Lipinski definition) is 5. The lowest BCUT2D eigenvalue weighted by Crippen LogP contribution is -1.96. The maximum Gasteiger partial charge on any atom is 0.269 e. The Bertz CT molecular complexity index is 640. The van der Waals surface area contributed by atoms with Gasteiger partial charge in [0.2, 0.25) is 5.88 Å². The molecule has 0 fully saturated rings. The summed E-state index contributed by atoms with van der Waals surface area (Å²) in [6, 6.07) is 7.43. The van der Waals surface area contributed by atoms with Crippen LogP contribution >= 0.6 is 0 Å². The monoisotopic (exact) mass is 258 g/mol. The number of ether oxygens (including phenoxy) is 1. The van der Waals surface area contributed by atoms with Gasteiger partial charge in [0.1, 0.15) is 5.75 Å². The first kappa shape index (κ1) is 12.7. The van der Waals surface area contributed by atoms with Crippen molar-refractivity contribution in [2.45, 2.75) is 6.92 Å². The predicted octanol–water partition coefficient (Wildman–Crippen LogP) is 2.90. The third-order valence-electron chi connectivity index (χ3n) is 2.50. The van der Waals surface area contributed by atoms with E-state index in [1.807, 2.05) is 0 Å². The molecule has 0 aliphatic heterocycles. The first-order chi connectivity index (χ1) is 9.11. The number of rotatable bonds is 4. The van der Waals surface area contributed by atoms with Crippen LogP contribution in [0.5, 0.6) is 11.6 Å². The summed E-state index contributed by atoms with van der Waals surface area (Å²) in [6.07, 6.45) is 2.14. The van der Waals surface area contributed by atoms with Crippen LogP contribution in [-0.2, 0) is 0 Å². The molecule has 0 saturated heterocycles. The SMILES string of the molecule is Cc1cc([N+](=O)[O-])ccc1Oc1ncccc1C=O. The van der Waals surface area contributed by atoms with Crippen LogP contribution < -0.4 is 4.74 Å². The lowest BCUT2D eigenvalue weighted by molar-refractivity contribution is -0.384. The molecule has 0 unspecified atom stereocenters. The van der Waals surface area contributed by atoms with E-state index in [4.69, 9.17) is 4.74 Å². The Morgan fingerprint density at radius 3 is 2.79 bits per heavy atom. The second-order valence-corrected chi connectivity index (χ2v) is 3.82. The van der Waals surface area contributed by atoms with E-state index in [1.54, 1.807) is 19.1 Å². The molecule has 6 heteroatoms. The van der Waals surface area contributed by atoms with Crippen LogP contribution in [0.25, 0.3) is 0 Å². The zero-order valence-corrected chi connectivity index (χ0v) is 10.1. The lowest BCUT2D eigenvalue weighted by Gasteiger charge is -2.08. The second-order valence-electron chi connectivity index (χ2n) is 3.82. The maximum atomic E-state index is 10.8. The molecule has 0 aliphatic rings. The van der Waals surface area contributed by atoms with Crippen LogP contribution in [0.1, 0.15) is 15.9 Å². The summed E-state index contributed by atoms with van der Waals surface area (Å²) < 4.78 is 5.50. The number of nitro benzene ring substituents is 1. The molecule has 0 amide bonds. The summed E-state index contributed by atoms with van der Waals surface area (Å²) in [5.74, 6) is 0.599. The van der Waals surface area contributed by atoms with Crippen LogP contribution in [-0.4, -0.2) is 16.2 Å². The molecular weight excluding hydrogens is 248 g/mol. The summed E-state index contributed by atoms with van der Waals surface area (Å²) in [4.78, 5) is 24.9. The zero-order chi connectivity index (χ0) is 13.8. The van der Waals surface area contributed by atoms with E-state index in [-0.39, 0.29) is 11.6 Å². The molecule has 0 spiro atoms. The van der Waals surface area contributed by atoms with E-state index < -0.39 is 4.92 Å². The van der Waals surface area contributed by atoms with E-state index in [2.05, 4.69) is 4.98 Å². The molecule has 0 aliphatic carbocycles. The fourth-order valence-electron chi connectivity index (χ4n) is 1.54. The van der Waals surface area contributed by atoms with Crippen LogP contribution in [0, 0.1) is 17.0 Å². The Morgan fingerprint density at radius 1 is 1.37 bits per heavy atom. The minimum atomic E-state index is -0.478. The molecule has 0 radical (unpaired) electrons. The second kappa shape index (κ2) is 5.26. The van der Waals surface area contributed by atoms with Crippen LogP contribution in [0.4, 0.5) is 5.69 Å². The highest BCUT2D eigenvalue weighted by molar-refractivity contribution is 5.78. The van der Waals surface area contributed by atoms with Crippen molar-refractivity contribution in [2.24, 2.45) is 0 Å². The Balaban J connectivity index is 2.33. The predicted molar refractivity (Wildman–Crippen MR) is 67.5 cm³/mol. The van der Waals surface area contributed by atoms with E-state index in [0.717, 1.165) is 0 Å². The van der Waals surface area contributed by atoms with Gasteiger partial charge in [0.15, 0.2) is 6.29 Å². The Morgan fingerprint density at radius 2 is 2.16 bits per heavy atom. The van der Waals surface area contributed by atoms with Crippen molar-refractivity contribution < 1.29 is 14.5 Å². The molecule has 19 heavy (non-hydrogen) atoms. The number of carbonyl (C=O) groups is 1. The van der Waals surface area contributed by atoms with Crippen molar-refractivity contribution in [1.29, 1.82) is 0 Å². The van der Waals surface area contributed by atoms with E-state index in [0.29, 0.717) is 23.2 Å². The largest absolute Gasteiger partial charge is 0.438 e. The zero-order valence-electron chi connectivity index (χ0n) is 10.1. The molecule has 1 aromatic heterocycles. The molecule has 96 valence electrons. The highest BCUT2D eigenvalue weighted by atomic mass is 16.6. The molecule has 1 aromatic carbocycles. The van der Waals surface area contributed by atoms with Gasteiger partial charge in [-0.05, 0) is 30.7 Å². The topological polar surface area (TPSA) is 82.3 Å². The summed E-state index contributed by atoms with van der Waals surface area (Å²) in [7, 11) is 0. The van der Waals surface area contributed by atoms with Gasteiger partial charge in [-0.25, -0.2) is 4.98 Å². The average Bonchev–Trinajstić information content (AvgIpc) is 2.41. The molecule has 0 N–H and O–H groups in total. The highest BCUT2D eigenvalue weighted by Gasteiger charge is 2.11. The van der Waals surface area contributed by atoms with Crippen molar-refractivity contribution in [3.8, 4) is 11.6 Å². The minimum Gasteiger partial charge on any atom is -0.438 e. The summed E-state index contributed by atoms with van der Waals surface area (Å²) >= 11 is 0. The van der Waals surface area contributed by atoms with Gasteiger partial charge in [-0.3, -0.25) is 14.9 Å². The normalized spacial score (nSPS) is 9.95. The van der Waals surface area contributed by atoms with Gasteiger partial charge in [-0.15, -0.1) is 0 Å². The molecule has 0 saturated carbocycles. The first-order valence-electron chi connectivity index (χ1n) is 5.45. The van der Waals surface area contributed by atoms with Gasteiger partial charge in [0, 0.05) is 18.3 Å². The number of aromatic nitrogens is 1. The van der Waals surface area contributed by atoms with E-state index in [1.165, 1.54) is 24.4 Å². The fraction of sp³-hybridized carbons (Fsp3) is 0.0769. The maximum absolute atomic E-state index is 10.8. The van der Waals surface area contributed by atoms with Crippen molar-refractivity contribution >= 4 is 12.0 Å². The molecule has 0 atom stereocenters. The molecule has 1 heterocycles. The number of carbonyl (C=O) groups excluding carboxylic acids is 1. The van der Waals surface area contributed by atoms with Gasteiger partial charge in [0.05, 0.1) is 10.5 Å². The van der Waals surface area contributed by atoms with Crippen molar-refractivity contribution in [2.75, 3.05) is 0 Å². The van der Waals surface area contributed by atoms with Crippen molar-refractivity contribution in [3.05, 3.63) is 57.8 Å². The van der Waals surface area contributed by atoms with Crippen molar-refractivity contribution in [3.63, 3.8) is 0 Å². The quantitative estimate of drug-likeness (QED) is 0.478. The minimum absolute atomic E-state index is 0.0125. The molecule has 6 nitrogen and oxygen atoms in total. The third kappa shape index (κ3) is 2.74. The van der Waals surface area contributed by atoms with Gasteiger partial charge in [-0.2, -0.15) is 0 Å². The van der Waals surface area contributed by atoms with Gasteiger partial charge in [0.25, 0.3) is 5.69 Å². The fourth-order valence-corrected chi connectivity index (χ4v) is 1.54. The van der Waals surface area contributed by atoms with Crippen LogP contribution in [0.3, 0.4) is 0 Å². The Hall–Kier alpha value is -2.76. The molecule has 2 rings (SSSR count). The number of aryl methyl sites for hydroxylation is 1. The number of aldehydes is 1. The summed E-state index contributed by atoms with van der Waals surface area (Å²) in [6.45, 7) is 1.69. The van der Waals surface area contributed by atoms with Crippen molar-refractivity contribution in [1.82, 2.24) is 4.98 Å².